The number of halogens is 1. The van der Waals surface area contributed by atoms with Crippen LogP contribution in [0.4, 0.5) is 0 Å². The summed E-state index contributed by atoms with van der Waals surface area (Å²) in [7, 11) is 0. The number of pyridine rings is 1. The Hall–Kier alpha value is -2.32. The van der Waals surface area contributed by atoms with Gasteiger partial charge in [-0.25, -0.2) is 9.97 Å². The highest BCUT2D eigenvalue weighted by atomic mass is 35.5. The summed E-state index contributed by atoms with van der Waals surface area (Å²) >= 11 is 5.79. The second-order valence-electron chi connectivity index (χ2n) is 3.12. The number of carbonyl (C=O) groups is 1. The van der Waals surface area contributed by atoms with Crippen LogP contribution >= 0.6 is 11.6 Å². The number of hydrogen-bond acceptors (Lipinski definition) is 5. The van der Waals surface area contributed by atoms with Crippen LogP contribution < -0.4 is 0 Å². The van der Waals surface area contributed by atoms with Crippen molar-refractivity contribution in [3.8, 4) is 17.3 Å². The molecule has 0 aromatic carbocycles. The van der Waals surface area contributed by atoms with Crippen molar-refractivity contribution in [1.29, 1.82) is 5.26 Å². The summed E-state index contributed by atoms with van der Waals surface area (Å²) < 4.78 is 0. The van der Waals surface area contributed by atoms with Crippen LogP contribution in [-0.4, -0.2) is 21.2 Å². The SMILES string of the molecule is N#Cc1cncc(-c2ncnc(Cl)c2C=O)c1. The van der Waals surface area contributed by atoms with E-state index in [1.54, 1.807) is 6.07 Å². The van der Waals surface area contributed by atoms with Crippen molar-refractivity contribution in [2.24, 2.45) is 0 Å². The van der Waals surface area contributed by atoms with Crippen LogP contribution in [0.2, 0.25) is 5.15 Å². The van der Waals surface area contributed by atoms with Crippen molar-refractivity contribution in [3.63, 3.8) is 0 Å². The molecular formula is C11H5ClN4O. The largest absolute Gasteiger partial charge is 0.298 e. The zero-order valence-corrected chi connectivity index (χ0v) is 9.22. The molecule has 0 fully saturated rings. The number of aromatic nitrogens is 3. The Morgan fingerprint density at radius 3 is 2.88 bits per heavy atom. The molecule has 0 aliphatic heterocycles. The van der Waals surface area contributed by atoms with Crippen molar-refractivity contribution < 1.29 is 4.79 Å². The van der Waals surface area contributed by atoms with E-state index in [2.05, 4.69) is 15.0 Å². The average molecular weight is 245 g/mol. The molecule has 0 bridgehead atoms. The summed E-state index contributed by atoms with van der Waals surface area (Å²) in [4.78, 5) is 22.5. The summed E-state index contributed by atoms with van der Waals surface area (Å²) in [5, 5.41) is 8.85. The molecule has 0 N–H and O–H groups in total. The van der Waals surface area contributed by atoms with E-state index in [0.717, 1.165) is 0 Å². The predicted octanol–water partition coefficient (Wildman–Crippen LogP) is 1.88. The minimum absolute atomic E-state index is 0.0763. The molecule has 6 heteroatoms. The van der Waals surface area contributed by atoms with Gasteiger partial charge in [-0.05, 0) is 6.07 Å². The Bertz CT molecular complexity index is 621. The zero-order chi connectivity index (χ0) is 12.3. The van der Waals surface area contributed by atoms with Gasteiger partial charge >= 0.3 is 0 Å². The molecule has 0 aliphatic rings. The number of rotatable bonds is 2. The number of hydrogen-bond donors (Lipinski definition) is 0. The van der Waals surface area contributed by atoms with Crippen LogP contribution in [0.1, 0.15) is 15.9 Å². The lowest BCUT2D eigenvalue weighted by atomic mass is 10.1. The molecule has 2 aromatic rings. The third-order valence-corrected chi connectivity index (χ3v) is 2.40. The van der Waals surface area contributed by atoms with Crippen molar-refractivity contribution in [2.45, 2.75) is 0 Å². The van der Waals surface area contributed by atoms with Gasteiger partial charge in [0.2, 0.25) is 0 Å². The number of aldehydes is 1. The van der Waals surface area contributed by atoms with Crippen molar-refractivity contribution >= 4 is 17.9 Å². The maximum Gasteiger partial charge on any atom is 0.155 e. The quantitative estimate of drug-likeness (QED) is 0.595. The van der Waals surface area contributed by atoms with Crippen LogP contribution in [0.5, 0.6) is 0 Å². The van der Waals surface area contributed by atoms with Gasteiger partial charge in [-0.2, -0.15) is 5.26 Å². The molecule has 2 aromatic heterocycles. The fraction of sp³-hybridized carbons (Fsp3) is 0. The Morgan fingerprint density at radius 2 is 2.18 bits per heavy atom. The lowest BCUT2D eigenvalue weighted by molar-refractivity contribution is 0.112. The van der Waals surface area contributed by atoms with Gasteiger partial charge in [0.25, 0.3) is 0 Å². The van der Waals surface area contributed by atoms with Crippen LogP contribution in [0.15, 0.2) is 24.8 Å². The highest BCUT2D eigenvalue weighted by Crippen LogP contribution is 2.23. The Balaban J connectivity index is 2.64. The van der Waals surface area contributed by atoms with E-state index in [-0.39, 0.29) is 10.7 Å². The second kappa shape index (κ2) is 4.68. The first kappa shape index (κ1) is 11.2. The smallest absolute Gasteiger partial charge is 0.155 e. The van der Waals surface area contributed by atoms with E-state index >= 15 is 0 Å². The van der Waals surface area contributed by atoms with E-state index in [9.17, 15) is 4.79 Å². The molecule has 0 spiro atoms. The standard InChI is InChI=1S/C11H5ClN4O/c12-11-9(5-17)10(15-6-16-11)8-1-7(2-13)3-14-4-8/h1,3-6H. The molecular weight excluding hydrogens is 240 g/mol. The van der Waals surface area contributed by atoms with Gasteiger partial charge in [0.05, 0.1) is 16.8 Å². The maximum atomic E-state index is 10.9. The number of nitriles is 1. The zero-order valence-electron chi connectivity index (χ0n) is 8.46. The Morgan fingerprint density at radius 1 is 1.35 bits per heavy atom. The highest BCUT2D eigenvalue weighted by Gasteiger charge is 2.11. The van der Waals surface area contributed by atoms with Gasteiger partial charge in [0, 0.05) is 18.0 Å². The van der Waals surface area contributed by atoms with Crippen LogP contribution in [0.25, 0.3) is 11.3 Å². The third-order valence-electron chi connectivity index (χ3n) is 2.09. The molecule has 0 amide bonds. The molecule has 82 valence electrons. The fourth-order valence-electron chi connectivity index (χ4n) is 1.34. The minimum Gasteiger partial charge on any atom is -0.298 e. The van der Waals surface area contributed by atoms with Crippen LogP contribution in [0.3, 0.4) is 0 Å². The first-order chi connectivity index (χ1) is 8.26. The molecule has 0 atom stereocenters. The third kappa shape index (κ3) is 2.12. The molecule has 0 saturated carbocycles. The van der Waals surface area contributed by atoms with Crippen molar-refractivity contribution in [3.05, 3.63) is 41.1 Å². The number of nitrogens with zero attached hydrogens (tertiary/aromatic N) is 4. The van der Waals surface area contributed by atoms with Crippen molar-refractivity contribution in [1.82, 2.24) is 15.0 Å². The molecule has 5 nitrogen and oxygen atoms in total. The van der Waals surface area contributed by atoms with Gasteiger partial charge in [-0.15, -0.1) is 0 Å². The van der Waals surface area contributed by atoms with Crippen molar-refractivity contribution in [2.75, 3.05) is 0 Å². The fourth-order valence-corrected chi connectivity index (χ4v) is 1.52. The molecule has 0 saturated heterocycles. The summed E-state index contributed by atoms with van der Waals surface area (Å²) in [6.45, 7) is 0. The molecule has 2 heterocycles. The summed E-state index contributed by atoms with van der Waals surface area (Å²) in [5.41, 5.74) is 1.49. The first-order valence-electron chi connectivity index (χ1n) is 4.57. The summed E-state index contributed by atoms with van der Waals surface area (Å²) in [6.07, 6.45) is 4.76. The second-order valence-corrected chi connectivity index (χ2v) is 3.48. The maximum absolute atomic E-state index is 10.9. The van der Waals surface area contributed by atoms with Gasteiger partial charge in [-0.3, -0.25) is 9.78 Å². The normalized spacial score (nSPS) is 9.65. The summed E-state index contributed by atoms with van der Waals surface area (Å²) in [6, 6.07) is 3.54. The highest BCUT2D eigenvalue weighted by molar-refractivity contribution is 6.32. The van der Waals surface area contributed by atoms with E-state index in [0.29, 0.717) is 23.1 Å². The molecule has 2 rings (SSSR count). The van der Waals surface area contributed by atoms with Gasteiger partial charge in [-0.1, -0.05) is 11.6 Å². The van der Waals surface area contributed by atoms with Gasteiger partial charge in [0.15, 0.2) is 6.29 Å². The van der Waals surface area contributed by atoms with E-state index in [1.807, 2.05) is 6.07 Å². The number of carbonyl (C=O) groups excluding carboxylic acids is 1. The predicted molar refractivity (Wildman–Crippen MR) is 60.4 cm³/mol. The molecule has 17 heavy (non-hydrogen) atoms. The topological polar surface area (TPSA) is 79.5 Å². The van der Waals surface area contributed by atoms with E-state index < -0.39 is 0 Å². The average Bonchev–Trinajstić information content (AvgIpc) is 2.38. The Labute approximate surface area is 102 Å². The molecule has 0 radical (unpaired) electrons. The monoisotopic (exact) mass is 244 g/mol. The van der Waals surface area contributed by atoms with Gasteiger partial charge < -0.3 is 0 Å². The van der Waals surface area contributed by atoms with E-state index in [1.165, 1.54) is 18.7 Å². The first-order valence-corrected chi connectivity index (χ1v) is 4.95. The van der Waals surface area contributed by atoms with Crippen LogP contribution in [0, 0.1) is 11.3 Å². The molecule has 0 unspecified atom stereocenters. The van der Waals surface area contributed by atoms with E-state index in [4.69, 9.17) is 16.9 Å². The molecule has 0 aliphatic carbocycles. The minimum atomic E-state index is 0.0763. The summed E-state index contributed by atoms with van der Waals surface area (Å²) in [5.74, 6) is 0. The Kier molecular flexibility index (Phi) is 3.08. The lowest BCUT2D eigenvalue weighted by Crippen LogP contribution is -1.96. The lowest BCUT2D eigenvalue weighted by Gasteiger charge is -2.04. The van der Waals surface area contributed by atoms with Gasteiger partial charge in [0.1, 0.15) is 17.5 Å². The van der Waals surface area contributed by atoms with Crippen LogP contribution in [-0.2, 0) is 0 Å².